The number of hydrogen-bond acceptors (Lipinski definition) is 3. The van der Waals surface area contributed by atoms with E-state index in [1.54, 1.807) is 43.5 Å². The van der Waals surface area contributed by atoms with Gasteiger partial charge in [0.1, 0.15) is 11.5 Å². The van der Waals surface area contributed by atoms with E-state index in [1.165, 1.54) is 0 Å². The van der Waals surface area contributed by atoms with Gasteiger partial charge in [0.25, 0.3) is 0 Å². The summed E-state index contributed by atoms with van der Waals surface area (Å²) in [5, 5.41) is 10.9. The molecule has 2 aromatic rings. The molecule has 0 saturated carbocycles. The molecule has 0 fully saturated rings. The van der Waals surface area contributed by atoms with Gasteiger partial charge >= 0.3 is 0 Å². The van der Waals surface area contributed by atoms with Crippen LogP contribution in [-0.4, -0.2) is 18.8 Å². The van der Waals surface area contributed by atoms with Crippen LogP contribution < -0.4 is 9.47 Å². The Bertz CT molecular complexity index is 638. The molecular weight excluding hydrogens is 276 g/mol. The van der Waals surface area contributed by atoms with E-state index in [2.05, 4.69) is 12.8 Å². The van der Waals surface area contributed by atoms with Crippen LogP contribution in [0.4, 0.5) is 0 Å². The van der Waals surface area contributed by atoms with Gasteiger partial charge in [0.2, 0.25) is 0 Å². The number of ether oxygens (including phenoxy) is 2. The van der Waals surface area contributed by atoms with Crippen molar-refractivity contribution in [2.45, 2.75) is 18.9 Å². The highest BCUT2D eigenvalue weighted by molar-refractivity contribution is 5.46. The van der Waals surface area contributed by atoms with Crippen LogP contribution in [0.3, 0.4) is 0 Å². The lowest BCUT2D eigenvalue weighted by molar-refractivity contribution is 0.145. The second kappa shape index (κ2) is 7.02. The van der Waals surface area contributed by atoms with Crippen LogP contribution in [0.25, 0.3) is 0 Å². The zero-order chi connectivity index (χ0) is 16.0. The average Bonchev–Trinajstić information content (AvgIpc) is 2.59. The molecule has 0 amide bonds. The number of hydrogen-bond donors (Lipinski definition) is 1. The molecule has 0 spiro atoms. The molecule has 0 saturated heterocycles. The first-order valence-electron chi connectivity index (χ1n) is 7.22. The average molecular weight is 296 g/mol. The SMILES string of the molecule is C#CC(O)(c1ccc(OC)cc1)c1ccc(OCCC)cc1. The van der Waals surface area contributed by atoms with Crippen LogP contribution in [0.1, 0.15) is 24.5 Å². The summed E-state index contributed by atoms with van der Waals surface area (Å²) in [5.41, 5.74) is -0.225. The van der Waals surface area contributed by atoms with Crippen LogP contribution >= 0.6 is 0 Å². The minimum absolute atomic E-state index is 0.623. The molecule has 2 rings (SSSR count). The summed E-state index contributed by atoms with van der Waals surface area (Å²) >= 11 is 0. The molecule has 114 valence electrons. The van der Waals surface area contributed by atoms with E-state index in [9.17, 15) is 5.11 Å². The van der Waals surface area contributed by atoms with Crippen molar-refractivity contribution < 1.29 is 14.6 Å². The molecule has 22 heavy (non-hydrogen) atoms. The third-order valence-corrected chi connectivity index (χ3v) is 3.46. The predicted octanol–water partition coefficient (Wildman–Crippen LogP) is 3.35. The number of benzene rings is 2. The molecule has 1 unspecified atom stereocenters. The predicted molar refractivity (Wildman–Crippen MR) is 87.1 cm³/mol. The van der Waals surface area contributed by atoms with Gasteiger partial charge in [-0.15, -0.1) is 6.42 Å². The fourth-order valence-electron chi connectivity index (χ4n) is 2.18. The largest absolute Gasteiger partial charge is 0.497 e. The lowest BCUT2D eigenvalue weighted by Gasteiger charge is -2.23. The molecule has 0 aliphatic rings. The third-order valence-electron chi connectivity index (χ3n) is 3.46. The monoisotopic (exact) mass is 296 g/mol. The lowest BCUT2D eigenvalue weighted by atomic mass is 9.87. The molecule has 1 N–H and O–H groups in total. The molecule has 0 aromatic heterocycles. The maximum absolute atomic E-state index is 10.9. The summed E-state index contributed by atoms with van der Waals surface area (Å²) in [7, 11) is 1.59. The minimum atomic E-state index is -1.48. The summed E-state index contributed by atoms with van der Waals surface area (Å²) in [5.74, 6) is 3.96. The van der Waals surface area contributed by atoms with Gasteiger partial charge in [0.05, 0.1) is 13.7 Å². The molecule has 3 heteroatoms. The van der Waals surface area contributed by atoms with Crippen LogP contribution in [0.5, 0.6) is 11.5 Å². The molecule has 3 nitrogen and oxygen atoms in total. The third kappa shape index (κ3) is 3.24. The Hall–Kier alpha value is -2.44. The van der Waals surface area contributed by atoms with Gasteiger partial charge < -0.3 is 14.6 Å². The molecular formula is C19H20O3. The Balaban J connectivity index is 2.30. The highest BCUT2D eigenvalue weighted by Crippen LogP contribution is 2.31. The first-order chi connectivity index (χ1) is 10.6. The van der Waals surface area contributed by atoms with Gasteiger partial charge in [0, 0.05) is 11.1 Å². The standard InChI is InChI=1S/C19H20O3/c1-4-14-22-18-12-8-16(9-13-18)19(20,5-2)15-6-10-17(21-3)11-7-15/h2,6-13,20H,4,14H2,1,3H3. The highest BCUT2D eigenvalue weighted by Gasteiger charge is 2.29. The summed E-state index contributed by atoms with van der Waals surface area (Å²) < 4.78 is 10.7. The summed E-state index contributed by atoms with van der Waals surface area (Å²) in [4.78, 5) is 0. The summed E-state index contributed by atoms with van der Waals surface area (Å²) in [6.07, 6.45) is 6.54. The zero-order valence-corrected chi connectivity index (χ0v) is 12.9. The van der Waals surface area contributed by atoms with Crippen LogP contribution in [0.2, 0.25) is 0 Å². The van der Waals surface area contributed by atoms with E-state index in [0.717, 1.165) is 12.2 Å². The minimum Gasteiger partial charge on any atom is -0.497 e. The fourth-order valence-corrected chi connectivity index (χ4v) is 2.18. The van der Waals surface area contributed by atoms with Crippen molar-refractivity contribution >= 4 is 0 Å². The fraction of sp³-hybridized carbons (Fsp3) is 0.263. The van der Waals surface area contributed by atoms with Crippen molar-refractivity contribution in [3.8, 4) is 23.8 Å². The van der Waals surface area contributed by atoms with Crippen LogP contribution in [0, 0.1) is 12.3 Å². The second-order valence-corrected chi connectivity index (χ2v) is 4.96. The van der Waals surface area contributed by atoms with Gasteiger partial charge in [-0.1, -0.05) is 37.1 Å². The van der Waals surface area contributed by atoms with Crippen LogP contribution in [0.15, 0.2) is 48.5 Å². The van der Waals surface area contributed by atoms with Gasteiger partial charge in [0.15, 0.2) is 5.60 Å². The van der Waals surface area contributed by atoms with E-state index in [4.69, 9.17) is 15.9 Å². The van der Waals surface area contributed by atoms with Gasteiger partial charge in [-0.05, 0) is 30.7 Å². The normalized spacial score (nSPS) is 13.0. The maximum Gasteiger partial charge on any atom is 0.176 e. The van der Waals surface area contributed by atoms with Crippen molar-refractivity contribution in [1.82, 2.24) is 0 Å². The first-order valence-corrected chi connectivity index (χ1v) is 7.22. The second-order valence-electron chi connectivity index (χ2n) is 4.96. The van der Waals surface area contributed by atoms with Gasteiger partial charge in [-0.3, -0.25) is 0 Å². The molecule has 2 aromatic carbocycles. The Kier molecular flexibility index (Phi) is 5.08. The molecule has 0 bridgehead atoms. The van der Waals surface area contributed by atoms with E-state index < -0.39 is 5.60 Å². The number of rotatable bonds is 6. The Morgan fingerprint density at radius 3 is 1.91 bits per heavy atom. The molecule has 0 heterocycles. The van der Waals surface area contributed by atoms with E-state index in [1.807, 2.05) is 12.1 Å². The molecule has 1 atom stereocenters. The van der Waals surface area contributed by atoms with E-state index in [0.29, 0.717) is 23.5 Å². The van der Waals surface area contributed by atoms with E-state index in [-0.39, 0.29) is 0 Å². The quantitative estimate of drug-likeness (QED) is 0.831. The number of terminal acetylenes is 1. The van der Waals surface area contributed by atoms with Crippen molar-refractivity contribution in [3.63, 3.8) is 0 Å². The summed E-state index contributed by atoms with van der Waals surface area (Å²) in [6.45, 7) is 2.71. The summed E-state index contributed by atoms with van der Waals surface area (Å²) in [6, 6.07) is 14.3. The van der Waals surface area contributed by atoms with Crippen molar-refractivity contribution in [1.29, 1.82) is 0 Å². The molecule has 0 radical (unpaired) electrons. The number of aliphatic hydroxyl groups is 1. The Labute approximate surface area is 131 Å². The van der Waals surface area contributed by atoms with Gasteiger partial charge in [-0.2, -0.15) is 0 Å². The Morgan fingerprint density at radius 1 is 1.00 bits per heavy atom. The molecule has 0 aliphatic heterocycles. The maximum atomic E-state index is 10.9. The van der Waals surface area contributed by atoms with Crippen molar-refractivity contribution in [2.75, 3.05) is 13.7 Å². The Morgan fingerprint density at radius 2 is 1.50 bits per heavy atom. The van der Waals surface area contributed by atoms with Gasteiger partial charge in [-0.25, -0.2) is 0 Å². The first kappa shape index (κ1) is 15.9. The van der Waals surface area contributed by atoms with Crippen LogP contribution in [-0.2, 0) is 5.60 Å². The zero-order valence-electron chi connectivity index (χ0n) is 12.9. The lowest BCUT2D eigenvalue weighted by Crippen LogP contribution is -2.24. The smallest absolute Gasteiger partial charge is 0.176 e. The van der Waals surface area contributed by atoms with Crippen molar-refractivity contribution in [3.05, 3.63) is 59.7 Å². The topological polar surface area (TPSA) is 38.7 Å². The van der Waals surface area contributed by atoms with Crippen molar-refractivity contribution in [2.24, 2.45) is 0 Å². The molecule has 0 aliphatic carbocycles. The van der Waals surface area contributed by atoms with E-state index >= 15 is 0 Å². The highest BCUT2D eigenvalue weighted by atomic mass is 16.5. The number of methoxy groups -OCH3 is 1.